The Morgan fingerprint density at radius 2 is 0.710 bits per heavy atom. The van der Waals surface area contributed by atoms with Gasteiger partial charge in [0.1, 0.15) is 94.5 Å². The van der Waals surface area contributed by atoms with Gasteiger partial charge in [0, 0.05) is 108 Å². The van der Waals surface area contributed by atoms with Gasteiger partial charge in [0.05, 0.1) is 115 Å². The molecule has 0 bridgehead atoms. The molecule has 6 N–H and O–H groups in total. The average molecular weight is 1950 g/mol. The van der Waals surface area contributed by atoms with Gasteiger partial charge in [-0.25, -0.2) is 59.0 Å². The number of hydrogen-bond acceptors (Lipinski definition) is 29. The van der Waals surface area contributed by atoms with Crippen LogP contribution < -0.4 is 64.9 Å². The number of aromatic nitrogens is 8. The largest absolute Gasteiger partial charge is 0.481 e. The van der Waals surface area contributed by atoms with Crippen molar-refractivity contribution in [1.82, 2.24) is 59.5 Å². The summed E-state index contributed by atoms with van der Waals surface area (Å²) in [6.45, 7) is 11.4. The van der Waals surface area contributed by atoms with Gasteiger partial charge in [-0.1, -0.05) is 81.2 Å². The summed E-state index contributed by atoms with van der Waals surface area (Å²) < 4.78 is 31.4. The van der Waals surface area contributed by atoms with E-state index in [0.717, 1.165) is 6.33 Å². The SMILES string of the molecule is CCOC(=O)CCN1CCN(c2ccc(N(CCO)C(=O)c3c(Cl)ncnc3Cl)cc2Cl)C1=O.CCOC(=O)CCN1CCN(c2ccc(N3CCOc4ncnc(Cl)c4C3=O)cc2Cl)C1=O.CCOC(=O)CCN1CCN(c2ccc(N3CCOc4ncnc(N)c4C3=O)cc2Cl)C1=O.Nc1ncnc2c1C(=O)N(c1ccc(N3CCN(CCC(=O)O)C3=O)c(Cl)c1)CCO2. The predicted octanol–water partition coefficient (Wildman–Crippen LogP) is 9.70. The van der Waals surface area contributed by atoms with Crippen LogP contribution in [0, 0.1) is 0 Å². The number of aliphatic carboxylic acids is 1. The summed E-state index contributed by atoms with van der Waals surface area (Å²) in [5, 5.41) is 19.2. The van der Waals surface area contributed by atoms with E-state index in [1.165, 1.54) is 59.3 Å². The first kappa shape index (κ1) is 97.1. The van der Waals surface area contributed by atoms with Gasteiger partial charge >= 0.3 is 48.0 Å². The monoisotopic (exact) mass is 1940 g/mol. The van der Waals surface area contributed by atoms with E-state index >= 15 is 0 Å². The van der Waals surface area contributed by atoms with Crippen LogP contribution in [0.25, 0.3) is 0 Å². The molecule has 42 nitrogen and oxygen atoms in total. The maximum Gasteiger partial charge on any atom is 0.324 e. The molecule has 131 heavy (non-hydrogen) atoms. The number of amides is 12. The number of esters is 3. The molecule has 8 aromatic rings. The van der Waals surface area contributed by atoms with E-state index in [2.05, 4.69) is 39.9 Å². The summed E-state index contributed by atoms with van der Waals surface area (Å²) in [4.78, 5) is 198. The van der Waals surface area contributed by atoms with Crippen LogP contribution in [0.15, 0.2) is 98.1 Å². The molecule has 11 heterocycles. The fourth-order valence-electron chi connectivity index (χ4n) is 14.5. The van der Waals surface area contributed by atoms with Crippen LogP contribution >= 0.6 is 81.2 Å². The highest BCUT2D eigenvalue weighted by molar-refractivity contribution is 6.40. The molecule has 692 valence electrons. The van der Waals surface area contributed by atoms with Crippen molar-refractivity contribution in [1.29, 1.82) is 0 Å². The van der Waals surface area contributed by atoms with E-state index in [4.69, 9.17) is 126 Å². The average Bonchev–Trinajstić information content (AvgIpc) is 1.73. The Morgan fingerprint density at radius 1 is 0.397 bits per heavy atom. The van der Waals surface area contributed by atoms with Crippen molar-refractivity contribution < 1.29 is 96.2 Å². The second-order valence-electron chi connectivity index (χ2n) is 28.7. The highest BCUT2D eigenvalue weighted by atomic mass is 35.5. The van der Waals surface area contributed by atoms with Crippen molar-refractivity contribution in [2.75, 3.05) is 202 Å². The number of carboxylic acids is 1. The lowest BCUT2D eigenvalue weighted by Gasteiger charge is -2.24. The van der Waals surface area contributed by atoms with Gasteiger partial charge in [0.2, 0.25) is 17.6 Å². The summed E-state index contributed by atoms with van der Waals surface area (Å²) >= 11 is 44.2. The van der Waals surface area contributed by atoms with E-state index in [1.54, 1.807) is 112 Å². The van der Waals surface area contributed by atoms with Crippen LogP contribution in [0.1, 0.15) is 87.9 Å². The Bertz CT molecular complexity index is 5510. The van der Waals surface area contributed by atoms with E-state index in [9.17, 15) is 62.6 Å². The molecule has 12 amide bonds. The molecule has 15 rings (SSSR count). The van der Waals surface area contributed by atoms with E-state index in [0.29, 0.717) is 121 Å². The number of carboxylic acid groups (broad SMARTS) is 1. The van der Waals surface area contributed by atoms with Crippen molar-refractivity contribution in [3.05, 3.63) is 156 Å². The Kier molecular flexibility index (Phi) is 33.0. The normalized spacial score (nSPS) is 15.3. The highest BCUT2D eigenvalue weighted by Crippen LogP contribution is 2.41. The van der Waals surface area contributed by atoms with Gasteiger partial charge in [-0.2, -0.15) is 0 Å². The van der Waals surface area contributed by atoms with Crippen LogP contribution in [0.4, 0.5) is 76.3 Å². The molecule has 0 radical (unpaired) electrons. The first-order valence-electron chi connectivity index (χ1n) is 40.7. The smallest absolute Gasteiger partial charge is 0.324 e. The number of ether oxygens (including phenoxy) is 6. The topological polar surface area (TPSA) is 495 Å². The molecule has 4 aromatic carbocycles. The van der Waals surface area contributed by atoms with E-state index in [1.807, 2.05) is 0 Å². The molecule has 7 aliphatic heterocycles. The van der Waals surface area contributed by atoms with Gasteiger partial charge in [0.15, 0.2) is 0 Å². The molecule has 0 aliphatic carbocycles. The third kappa shape index (κ3) is 22.7. The number of urea groups is 4. The molecule has 4 saturated heterocycles. The van der Waals surface area contributed by atoms with Crippen molar-refractivity contribution in [2.45, 2.75) is 46.5 Å². The first-order chi connectivity index (χ1) is 62.9. The number of fused-ring (bicyclic) bond motifs is 3. The molecule has 0 saturated carbocycles. The summed E-state index contributed by atoms with van der Waals surface area (Å²) in [5.74, 6) is -3.38. The van der Waals surface area contributed by atoms with E-state index < -0.39 is 29.6 Å². The third-order valence-corrected chi connectivity index (χ3v) is 22.9. The Morgan fingerprint density at radius 3 is 1.05 bits per heavy atom. The number of nitrogens with zero attached hydrogens (tertiary/aromatic N) is 20. The Labute approximate surface area is 782 Å². The number of carbonyl (C=O) groups is 12. The molecule has 7 aliphatic rings. The lowest BCUT2D eigenvalue weighted by Crippen LogP contribution is -2.35. The van der Waals surface area contributed by atoms with Crippen LogP contribution in [-0.4, -0.2) is 292 Å². The molecule has 0 unspecified atom stereocenters. The van der Waals surface area contributed by atoms with Crippen molar-refractivity contribution in [3.63, 3.8) is 0 Å². The van der Waals surface area contributed by atoms with Crippen LogP contribution in [-0.2, 0) is 33.4 Å². The first-order valence-corrected chi connectivity index (χ1v) is 43.4. The van der Waals surface area contributed by atoms with Gasteiger partial charge in [-0.15, -0.1) is 0 Å². The van der Waals surface area contributed by atoms with Gasteiger partial charge in [-0.05, 0) is 93.6 Å². The molecule has 0 spiro atoms. The van der Waals surface area contributed by atoms with E-state index in [-0.39, 0.29) is 230 Å². The minimum Gasteiger partial charge on any atom is -0.481 e. The van der Waals surface area contributed by atoms with Crippen molar-refractivity contribution >= 4 is 210 Å². The fourth-order valence-corrected chi connectivity index (χ4v) is 16.3. The summed E-state index contributed by atoms with van der Waals surface area (Å²) in [5.41, 5.74) is 15.8. The predicted molar refractivity (Wildman–Crippen MR) is 481 cm³/mol. The maximum absolute atomic E-state index is 13.1. The minimum absolute atomic E-state index is 0.00481. The minimum atomic E-state index is -0.965. The Hall–Kier alpha value is -13.0. The quantitative estimate of drug-likeness (QED) is 0.0222. The van der Waals surface area contributed by atoms with Crippen molar-refractivity contribution in [2.24, 2.45) is 0 Å². The van der Waals surface area contributed by atoms with Gasteiger partial charge < -0.3 is 89.3 Å². The lowest BCUT2D eigenvalue weighted by molar-refractivity contribution is -0.144. The fraction of sp³-hybridized carbons (Fsp3) is 0.366. The van der Waals surface area contributed by atoms with Crippen molar-refractivity contribution in [3.8, 4) is 17.6 Å². The number of anilines is 10. The summed E-state index contributed by atoms with van der Waals surface area (Å²) in [6.07, 6.45) is 5.08. The zero-order valence-corrected chi connectivity index (χ0v) is 75.6. The number of nitrogens with two attached hydrogens (primary N) is 2. The van der Waals surface area contributed by atoms with Crippen LogP contribution in [0.5, 0.6) is 17.6 Å². The highest BCUT2D eigenvalue weighted by Gasteiger charge is 2.40. The number of aliphatic hydroxyl groups excluding tert-OH is 1. The number of hydrogen-bond donors (Lipinski definition) is 4. The van der Waals surface area contributed by atoms with Crippen LogP contribution in [0.2, 0.25) is 35.5 Å². The maximum atomic E-state index is 13.1. The molecule has 4 aromatic heterocycles. The summed E-state index contributed by atoms with van der Waals surface area (Å²) in [6, 6.07) is 18.6. The zero-order valence-electron chi connectivity index (χ0n) is 70.3. The van der Waals surface area contributed by atoms with Gasteiger partial charge in [0.25, 0.3) is 23.6 Å². The molecular weight excluding hydrogens is 1860 g/mol. The lowest BCUT2D eigenvalue weighted by atomic mass is 10.2. The molecule has 4 fully saturated rings. The molecular formula is C82H85Cl7N22O20. The number of nitrogen functional groups attached to an aromatic ring is 2. The second kappa shape index (κ2) is 44.6. The second-order valence-corrected chi connectivity index (χ2v) is 31.4. The number of aliphatic hydroxyl groups is 1. The standard InChI is InChI=1S/C21H22Cl3N5O5.C21H21Cl2N5O5.C21H23ClN6O5.C19H19ClN6O5/c1-2-34-16(31)5-6-27-7-8-29(21(27)33)15-4-3-13(11-14(15)22)28(9-10-30)20(32)17-18(23)25-12-26-19(17)24;2*1-2-32-16(29)5-6-26-7-8-28(21(26)31)15-4-3-13(11-14(15)22)27-9-10-33-19-17(20(27)30)18(23)24-12-25-19;20-12-9-11(25-7-8-31-17-15(18(25)29)16(21)22-10-23-17)1-2-13(12)26-6-5-24(19(26)30)4-3-14(27)28/h3-4,11-12,30H,2,5-10H2,1H3;3-4,11-12H,2,5-10H2,1H3;3-4,11-12H,2,5-10H2,1H3,(H2,23,24,25);1-2,9-10H,3-8H2,(H,27,28)(H2,21,22,23). The number of halogens is 7. The van der Waals surface area contributed by atoms with Gasteiger partial charge in [-0.3, -0.25) is 58.0 Å². The van der Waals surface area contributed by atoms with Crippen LogP contribution in [0.3, 0.4) is 0 Å². The zero-order chi connectivity index (χ0) is 94.0. The molecule has 49 heteroatoms. The third-order valence-electron chi connectivity index (χ3n) is 20.8. The molecule has 0 atom stereocenters. The number of benzene rings is 4. The number of rotatable bonds is 26. The summed E-state index contributed by atoms with van der Waals surface area (Å²) in [7, 11) is 0. The number of carbonyl (C=O) groups excluding carboxylic acids is 11. The Balaban J connectivity index is 0.000000158.